The third-order valence-corrected chi connectivity index (χ3v) is 3.23. The van der Waals surface area contributed by atoms with Gasteiger partial charge in [-0.2, -0.15) is 0 Å². The van der Waals surface area contributed by atoms with Crippen LogP contribution < -0.4 is 0 Å². The van der Waals surface area contributed by atoms with Crippen molar-refractivity contribution in [3.8, 4) is 0 Å². The second kappa shape index (κ2) is 7.98. The molecule has 1 aliphatic rings. The van der Waals surface area contributed by atoms with Crippen LogP contribution in [0.3, 0.4) is 0 Å². The maximum atomic E-state index is 11.6. The Labute approximate surface area is 97.3 Å². The predicted octanol–water partition coefficient (Wildman–Crippen LogP) is 3.52. The topological polar surface area (TPSA) is 26.3 Å². The highest BCUT2D eigenvalue weighted by Gasteiger charge is 2.21. The average molecular weight is 233 g/mol. The van der Waals surface area contributed by atoms with Crippen molar-refractivity contribution in [3.05, 3.63) is 0 Å². The predicted molar refractivity (Wildman–Crippen MR) is 62.1 cm³/mol. The molecule has 0 N–H and O–H groups in total. The van der Waals surface area contributed by atoms with E-state index in [1.54, 1.807) is 0 Å². The van der Waals surface area contributed by atoms with Crippen molar-refractivity contribution in [2.75, 3.05) is 12.5 Å². The first-order chi connectivity index (χ1) is 7.34. The van der Waals surface area contributed by atoms with Gasteiger partial charge in [-0.15, -0.1) is 11.6 Å². The molecule has 0 unspecified atom stereocenters. The number of carbonyl (C=O) groups is 1. The van der Waals surface area contributed by atoms with E-state index in [0.717, 1.165) is 32.1 Å². The van der Waals surface area contributed by atoms with Crippen molar-refractivity contribution in [1.82, 2.24) is 0 Å². The van der Waals surface area contributed by atoms with Crippen molar-refractivity contribution in [3.63, 3.8) is 0 Å². The van der Waals surface area contributed by atoms with E-state index in [0.29, 0.717) is 12.5 Å². The van der Waals surface area contributed by atoms with Gasteiger partial charge >= 0.3 is 5.97 Å². The van der Waals surface area contributed by atoms with Crippen LogP contribution in [0.25, 0.3) is 0 Å². The Morgan fingerprint density at radius 3 is 2.53 bits per heavy atom. The van der Waals surface area contributed by atoms with Crippen LogP contribution in [0.5, 0.6) is 0 Å². The molecule has 1 rings (SSSR count). The zero-order chi connectivity index (χ0) is 10.9. The minimum absolute atomic E-state index is 0.0283. The molecule has 1 aliphatic carbocycles. The summed E-state index contributed by atoms with van der Waals surface area (Å²) < 4.78 is 5.25. The third kappa shape index (κ3) is 5.41. The van der Waals surface area contributed by atoms with Crippen LogP contribution >= 0.6 is 11.6 Å². The number of hydrogen-bond donors (Lipinski definition) is 0. The Morgan fingerprint density at radius 1 is 1.13 bits per heavy atom. The van der Waals surface area contributed by atoms with Crippen molar-refractivity contribution in [2.24, 2.45) is 5.92 Å². The zero-order valence-corrected chi connectivity index (χ0v) is 10.1. The molecule has 0 radical (unpaired) electrons. The van der Waals surface area contributed by atoms with E-state index < -0.39 is 0 Å². The molecule has 88 valence electrons. The first-order valence-electron chi connectivity index (χ1n) is 6.07. The molecule has 0 aromatic rings. The van der Waals surface area contributed by atoms with Crippen molar-refractivity contribution >= 4 is 17.6 Å². The number of hydrogen-bond acceptors (Lipinski definition) is 2. The third-order valence-electron chi connectivity index (χ3n) is 2.96. The Morgan fingerprint density at radius 2 is 1.87 bits per heavy atom. The number of carbonyl (C=O) groups excluding carboxylic acids is 1. The van der Waals surface area contributed by atoms with Gasteiger partial charge in [0.05, 0.1) is 12.5 Å². The minimum atomic E-state index is 0.0283. The van der Waals surface area contributed by atoms with Gasteiger partial charge in [-0.1, -0.05) is 19.3 Å². The molecule has 0 spiro atoms. The van der Waals surface area contributed by atoms with Gasteiger partial charge < -0.3 is 4.74 Å². The highest BCUT2D eigenvalue weighted by Crippen LogP contribution is 2.24. The van der Waals surface area contributed by atoms with Crippen LogP contribution in [0.2, 0.25) is 0 Å². The Kier molecular flexibility index (Phi) is 6.82. The Bertz CT molecular complexity index is 176. The first kappa shape index (κ1) is 12.8. The van der Waals surface area contributed by atoms with Crippen molar-refractivity contribution in [2.45, 2.75) is 51.4 Å². The molecule has 0 aromatic heterocycles. The van der Waals surface area contributed by atoms with Gasteiger partial charge in [-0.05, 0) is 32.1 Å². The minimum Gasteiger partial charge on any atom is -0.465 e. The maximum Gasteiger partial charge on any atom is 0.308 e. The lowest BCUT2D eigenvalue weighted by molar-refractivity contribution is -0.149. The number of halogens is 1. The molecule has 3 heteroatoms. The molecule has 0 saturated heterocycles. The van der Waals surface area contributed by atoms with Crippen LogP contribution in [-0.4, -0.2) is 18.5 Å². The number of esters is 1. The summed E-state index contributed by atoms with van der Waals surface area (Å²) in [6.45, 7) is 0.576. The lowest BCUT2D eigenvalue weighted by atomic mass is 9.89. The lowest BCUT2D eigenvalue weighted by Crippen LogP contribution is -2.20. The fourth-order valence-electron chi connectivity index (χ4n) is 2.00. The van der Waals surface area contributed by atoms with E-state index in [-0.39, 0.29) is 11.9 Å². The molecule has 0 aliphatic heterocycles. The monoisotopic (exact) mass is 232 g/mol. The summed E-state index contributed by atoms with van der Waals surface area (Å²) in [6.07, 6.45) is 8.73. The van der Waals surface area contributed by atoms with E-state index in [2.05, 4.69) is 0 Å². The summed E-state index contributed by atoms with van der Waals surface area (Å²) in [6, 6.07) is 0. The fraction of sp³-hybridized carbons (Fsp3) is 0.917. The summed E-state index contributed by atoms with van der Waals surface area (Å²) >= 11 is 5.56. The van der Waals surface area contributed by atoms with Crippen molar-refractivity contribution < 1.29 is 9.53 Å². The van der Waals surface area contributed by atoms with Crippen LogP contribution in [0.15, 0.2) is 0 Å². The highest BCUT2D eigenvalue weighted by atomic mass is 35.5. The lowest BCUT2D eigenvalue weighted by Gasteiger charge is -2.19. The maximum absolute atomic E-state index is 11.6. The molecular weight excluding hydrogens is 212 g/mol. The van der Waals surface area contributed by atoms with Crippen LogP contribution in [0.1, 0.15) is 51.4 Å². The molecule has 15 heavy (non-hydrogen) atoms. The van der Waals surface area contributed by atoms with Gasteiger partial charge in [0.25, 0.3) is 0 Å². The fourth-order valence-corrected chi connectivity index (χ4v) is 2.19. The molecule has 0 aromatic carbocycles. The molecule has 1 fully saturated rings. The average Bonchev–Trinajstić information content (AvgIpc) is 2.30. The van der Waals surface area contributed by atoms with E-state index in [1.165, 1.54) is 19.3 Å². The van der Waals surface area contributed by atoms with E-state index in [9.17, 15) is 4.79 Å². The van der Waals surface area contributed by atoms with E-state index in [1.807, 2.05) is 0 Å². The Hall–Kier alpha value is -0.240. The number of alkyl halides is 1. The molecule has 0 amide bonds. The highest BCUT2D eigenvalue weighted by molar-refractivity contribution is 6.17. The quantitative estimate of drug-likeness (QED) is 0.398. The SMILES string of the molecule is O=C(OCCCCCCl)C1CCCCC1. The van der Waals surface area contributed by atoms with Gasteiger partial charge in [0.15, 0.2) is 0 Å². The Balaban J connectivity index is 2.02. The number of unbranched alkanes of at least 4 members (excludes halogenated alkanes) is 2. The van der Waals surface area contributed by atoms with Crippen LogP contribution in [0.4, 0.5) is 0 Å². The van der Waals surface area contributed by atoms with Gasteiger partial charge in [0.2, 0.25) is 0 Å². The molecule has 0 bridgehead atoms. The number of ether oxygens (including phenoxy) is 1. The largest absolute Gasteiger partial charge is 0.465 e. The second-order valence-corrected chi connectivity index (χ2v) is 4.63. The van der Waals surface area contributed by atoms with Gasteiger partial charge in [-0.3, -0.25) is 4.79 Å². The van der Waals surface area contributed by atoms with Crippen LogP contribution in [-0.2, 0) is 9.53 Å². The van der Waals surface area contributed by atoms with E-state index >= 15 is 0 Å². The molecule has 0 atom stereocenters. The molecule has 2 nitrogen and oxygen atoms in total. The first-order valence-corrected chi connectivity index (χ1v) is 6.60. The molecule has 0 heterocycles. The zero-order valence-electron chi connectivity index (χ0n) is 9.34. The smallest absolute Gasteiger partial charge is 0.308 e. The summed E-state index contributed by atoms with van der Waals surface area (Å²) in [5, 5.41) is 0. The summed E-state index contributed by atoms with van der Waals surface area (Å²) in [7, 11) is 0. The van der Waals surface area contributed by atoms with Gasteiger partial charge in [0.1, 0.15) is 0 Å². The van der Waals surface area contributed by atoms with Gasteiger partial charge in [-0.25, -0.2) is 0 Å². The van der Waals surface area contributed by atoms with Crippen LogP contribution in [0, 0.1) is 5.92 Å². The van der Waals surface area contributed by atoms with Gasteiger partial charge in [0, 0.05) is 5.88 Å². The molecule has 1 saturated carbocycles. The summed E-state index contributed by atoms with van der Waals surface area (Å²) in [5.41, 5.74) is 0. The summed E-state index contributed by atoms with van der Waals surface area (Å²) in [4.78, 5) is 11.6. The number of rotatable bonds is 6. The van der Waals surface area contributed by atoms with E-state index in [4.69, 9.17) is 16.3 Å². The standard InChI is InChI=1S/C12H21ClO2/c13-9-5-2-6-10-15-12(14)11-7-3-1-4-8-11/h11H,1-10H2. The summed E-state index contributed by atoms with van der Waals surface area (Å²) in [5.74, 6) is 0.920. The van der Waals surface area contributed by atoms with Crippen molar-refractivity contribution in [1.29, 1.82) is 0 Å². The second-order valence-electron chi connectivity index (χ2n) is 4.25. The normalized spacial score (nSPS) is 17.7. The molecular formula is C12H21ClO2.